The highest BCUT2D eigenvalue weighted by molar-refractivity contribution is 7.82. The molecule has 1 saturated carbocycles. The van der Waals surface area contributed by atoms with Crippen molar-refractivity contribution in [2.24, 2.45) is 11.1 Å². The molecule has 1 aliphatic carbocycles. The number of hydrogen-bond donors (Lipinski definition) is 1. The van der Waals surface area contributed by atoms with E-state index in [1.54, 1.807) is 0 Å². The first-order chi connectivity index (χ1) is 3.29. The molecule has 0 spiro atoms. The van der Waals surface area contributed by atoms with E-state index < -0.39 is 11.0 Å². The summed E-state index contributed by atoms with van der Waals surface area (Å²) in [5, 5.41) is 5.01. The van der Waals surface area contributed by atoms with Crippen LogP contribution in [-0.4, -0.2) is 9.96 Å². The lowest BCUT2D eigenvalue weighted by Crippen LogP contribution is -2.08. The van der Waals surface area contributed by atoms with E-state index in [0.717, 1.165) is 5.75 Å². The first-order valence-corrected chi connectivity index (χ1v) is 3.80. The highest BCUT2D eigenvalue weighted by Crippen LogP contribution is 2.28. The molecule has 0 heterocycles. The van der Waals surface area contributed by atoms with Crippen molar-refractivity contribution in [3.05, 3.63) is 0 Å². The quantitative estimate of drug-likeness (QED) is 0.547. The lowest BCUT2D eigenvalue weighted by molar-refractivity contribution is 0.681. The molecular formula is C4H9NOS. The van der Waals surface area contributed by atoms with Gasteiger partial charge in [-0.05, 0) is 18.8 Å². The monoisotopic (exact) mass is 119 g/mol. The van der Waals surface area contributed by atoms with Gasteiger partial charge in [0.1, 0.15) is 0 Å². The summed E-state index contributed by atoms with van der Waals surface area (Å²) in [5.74, 6) is 1.42. The van der Waals surface area contributed by atoms with Crippen molar-refractivity contribution in [1.29, 1.82) is 0 Å². The third-order valence-corrected chi connectivity index (χ3v) is 1.90. The first kappa shape index (κ1) is 5.25. The fourth-order valence-electron chi connectivity index (χ4n) is 0.517. The lowest BCUT2D eigenvalue weighted by Gasteiger charge is -1.85. The van der Waals surface area contributed by atoms with Gasteiger partial charge < -0.3 is 0 Å². The van der Waals surface area contributed by atoms with E-state index in [9.17, 15) is 4.21 Å². The molecule has 42 valence electrons. The van der Waals surface area contributed by atoms with Crippen molar-refractivity contribution >= 4 is 11.0 Å². The zero-order valence-electron chi connectivity index (χ0n) is 4.09. The minimum atomic E-state index is -1.03. The molecule has 0 aliphatic heterocycles. The number of rotatable bonds is 2. The summed E-state index contributed by atoms with van der Waals surface area (Å²) < 4.78 is 10.2. The molecule has 0 saturated heterocycles. The van der Waals surface area contributed by atoms with Crippen molar-refractivity contribution in [2.45, 2.75) is 12.8 Å². The van der Waals surface area contributed by atoms with Crippen LogP contribution in [0.2, 0.25) is 0 Å². The Bertz CT molecular complexity index is 89.7. The molecule has 0 aromatic carbocycles. The largest absolute Gasteiger partial charge is 0.252 e. The molecule has 0 amide bonds. The summed E-state index contributed by atoms with van der Waals surface area (Å²) in [6.45, 7) is 0. The summed E-state index contributed by atoms with van der Waals surface area (Å²) in [6.07, 6.45) is 2.48. The molecule has 0 unspecified atom stereocenters. The fraction of sp³-hybridized carbons (Fsp3) is 1.00. The Morgan fingerprint density at radius 2 is 2.29 bits per heavy atom. The molecule has 7 heavy (non-hydrogen) atoms. The summed E-state index contributed by atoms with van der Waals surface area (Å²) in [7, 11) is -1.03. The van der Waals surface area contributed by atoms with Crippen molar-refractivity contribution in [1.82, 2.24) is 0 Å². The van der Waals surface area contributed by atoms with Crippen molar-refractivity contribution in [2.75, 3.05) is 5.75 Å². The van der Waals surface area contributed by atoms with Crippen LogP contribution in [0.4, 0.5) is 0 Å². The Hall–Kier alpha value is 0.110. The second-order valence-electron chi connectivity index (χ2n) is 1.99. The van der Waals surface area contributed by atoms with Crippen LogP contribution in [0.1, 0.15) is 12.8 Å². The fourth-order valence-corrected chi connectivity index (χ4v) is 1.31. The standard InChI is InChI=1S/C4H9NOS/c5-7(6)3-4-1-2-4/h4H,1-3,5H2/t7-/m1/s1. The maximum Gasteiger partial charge on any atom is 0.0890 e. The van der Waals surface area contributed by atoms with Crippen LogP contribution < -0.4 is 5.14 Å². The van der Waals surface area contributed by atoms with Crippen molar-refractivity contribution in [3.63, 3.8) is 0 Å². The van der Waals surface area contributed by atoms with Crippen LogP contribution in [-0.2, 0) is 11.0 Å². The van der Waals surface area contributed by atoms with E-state index in [-0.39, 0.29) is 0 Å². The van der Waals surface area contributed by atoms with E-state index in [2.05, 4.69) is 0 Å². The predicted octanol–water partition coefficient (Wildman–Crippen LogP) is 0.0188. The molecule has 1 rings (SSSR count). The van der Waals surface area contributed by atoms with Crippen LogP contribution in [0, 0.1) is 5.92 Å². The van der Waals surface area contributed by atoms with Crippen LogP contribution in [0.5, 0.6) is 0 Å². The minimum absolute atomic E-state index is 0.700. The Morgan fingerprint density at radius 3 is 2.43 bits per heavy atom. The average molecular weight is 119 g/mol. The van der Waals surface area contributed by atoms with E-state index in [4.69, 9.17) is 5.14 Å². The second-order valence-corrected chi connectivity index (χ2v) is 3.09. The normalized spacial score (nSPS) is 24.7. The van der Waals surface area contributed by atoms with Gasteiger partial charge in [0.15, 0.2) is 0 Å². The zero-order valence-corrected chi connectivity index (χ0v) is 4.91. The molecular weight excluding hydrogens is 110 g/mol. The van der Waals surface area contributed by atoms with Gasteiger partial charge in [-0.25, -0.2) is 4.21 Å². The van der Waals surface area contributed by atoms with Crippen LogP contribution >= 0.6 is 0 Å². The van der Waals surface area contributed by atoms with Crippen molar-refractivity contribution < 1.29 is 4.21 Å². The van der Waals surface area contributed by atoms with E-state index >= 15 is 0 Å². The van der Waals surface area contributed by atoms with Gasteiger partial charge in [0, 0.05) is 5.75 Å². The molecule has 0 bridgehead atoms. The highest BCUT2D eigenvalue weighted by atomic mass is 32.2. The first-order valence-electron chi connectivity index (χ1n) is 2.42. The van der Waals surface area contributed by atoms with Gasteiger partial charge in [-0.15, -0.1) is 0 Å². The van der Waals surface area contributed by atoms with Gasteiger partial charge in [0.2, 0.25) is 0 Å². The van der Waals surface area contributed by atoms with Gasteiger partial charge in [-0.2, -0.15) is 0 Å². The van der Waals surface area contributed by atoms with Gasteiger partial charge in [0.05, 0.1) is 11.0 Å². The minimum Gasteiger partial charge on any atom is -0.252 e. The maximum absolute atomic E-state index is 10.2. The lowest BCUT2D eigenvalue weighted by atomic mass is 10.5. The van der Waals surface area contributed by atoms with Crippen molar-refractivity contribution in [3.8, 4) is 0 Å². The zero-order chi connectivity index (χ0) is 5.28. The molecule has 2 nitrogen and oxygen atoms in total. The van der Waals surface area contributed by atoms with Crippen LogP contribution in [0.25, 0.3) is 0 Å². The number of nitrogens with two attached hydrogens (primary N) is 1. The van der Waals surface area contributed by atoms with E-state index in [1.165, 1.54) is 12.8 Å². The average Bonchev–Trinajstić information content (AvgIpc) is 2.17. The number of hydrogen-bond acceptors (Lipinski definition) is 1. The van der Waals surface area contributed by atoms with Gasteiger partial charge in [0.25, 0.3) is 0 Å². The molecule has 0 aromatic rings. The summed E-state index contributed by atoms with van der Waals surface area (Å²) in [5.41, 5.74) is 0. The summed E-state index contributed by atoms with van der Waals surface area (Å²) >= 11 is 0. The Kier molecular flexibility index (Phi) is 1.44. The van der Waals surface area contributed by atoms with E-state index in [0.29, 0.717) is 5.92 Å². The summed E-state index contributed by atoms with van der Waals surface area (Å²) in [6, 6.07) is 0. The Labute approximate surface area is 45.7 Å². The SMILES string of the molecule is N[S@](=O)CC1CC1. The topological polar surface area (TPSA) is 43.1 Å². The van der Waals surface area contributed by atoms with E-state index in [1.807, 2.05) is 0 Å². The molecule has 1 atom stereocenters. The highest BCUT2D eigenvalue weighted by Gasteiger charge is 2.22. The molecule has 0 radical (unpaired) electrons. The molecule has 1 aliphatic rings. The Balaban J connectivity index is 2.08. The molecule has 0 aromatic heterocycles. The van der Waals surface area contributed by atoms with Crippen LogP contribution in [0.3, 0.4) is 0 Å². The smallest absolute Gasteiger partial charge is 0.0890 e. The Morgan fingerprint density at radius 1 is 1.71 bits per heavy atom. The second kappa shape index (κ2) is 1.92. The molecule has 1 fully saturated rings. The van der Waals surface area contributed by atoms with Crippen LogP contribution in [0.15, 0.2) is 0 Å². The van der Waals surface area contributed by atoms with Gasteiger partial charge >= 0.3 is 0 Å². The van der Waals surface area contributed by atoms with Gasteiger partial charge in [-0.1, -0.05) is 0 Å². The molecule has 2 N–H and O–H groups in total. The summed E-state index contributed by atoms with van der Waals surface area (Å²) in [4.78, 5) is 0. The third kappa shape index (κ3) is 2.04. The molecule has 3 heteroatoms. The third-order valence-electron chi connectivity index (χ3n) is 1.10. The van der Waals surface area contributed by atoms with Gasteiger partial charge in [-0.3, -0.25) is 5.14 Å². The predicted molar refractivity (Wildman–Crippen MR) is 29.9 cm³/mol. The maximum atomic E-state index is 10.2.